The van der Waals surface area contributed by atoms with E-state index in [9.17, 15) is 4.79 Å². The van der Waals surface area contributed by atoms with Crippen LogP contribution in [0.2, 0.25) is 0 Å². The Hall–Kier alpha value is -2.44. The quantitative estimate of drug-likeness (QED) is 0.829. The van der Waals surface area contributed by atoms with Gasteiger partial charge in [-0.25, -0.2) is 0 Å². The second-order valence-electron chi connectivity index (χ2n) is 4.41. The number of anilines is 1. The van der Waals surface area contributed by atoms with Crippen molar-refractivity contribution >= 4 is 11.7 Å². The summed E-state index contributed by atoms with van der Waals surface area (Å²) in [5.74, 6) is -0.904. The van der Waals surface area contributed by atoms with Gasteiger partial charge in [0.1, 0.15) is 0 Å². The Morgan fingerprint density at radius 2 is 2.05 bits per heavy atom. The number of carboxylic acid groups (broad SMARTS) is 1. The lowest BCUT2D eigenvalue weighted by molar-refractivity contribution is -0.137. The monoisotopic (exact) mass is 261 g/mol. The minimum atomic E-state index is -0.897. The van der Waals surface area contributed by atoms with E-state index in [0.29, 0.717) is 5.82 Å². The molecule has 7 nitrogen and oxygen atoms in total. The minimum Gasteiger partial charge on any atom is -0.481 e. The Morgan fingerprint density at radius 3 is 2.53 bits per heavy atom. The maximum absolute atomic E-state index is 11.0. The van der Waals surface area contributed by atoms with Crippen LogP contribution in [0.1, 0.15) is 23.7 Å². The fourth-order valence-corrected chi connectivity index (χ4v) is 1.85. The molecule has 0 aliphatic carbocycles. The van der Waals surface area contributed by atoms with Crippen LogP contribution in [0.5, 0.6) is 0 Å². The highest BCUT2D eigenvalue weighted by Gasteiger charge is 2.21. The first-order valence-electron chi connectivity index (χ1n) is 5.80. The van der Waals surface area contributed by atoms with Gasteiger partial charge >= 0.3 is 5.97 Å². The molecular weight excluding hydrogens is 246 g/mol. The molecule has 2 rings (SSSR count). The third-order valence-electron chi connectivity index (χ3n) is 2.86. The van der Waals surface area contributed by atoms with Crippen LogP contribution in [-0.4, -0.2) is 45.8 Å². The van der Waals surface area contributed by atoms with Crippen LogP contribution in [0, 0.1) is 0 Å². The predicted octanol–water partition coefficient (Wildman–Crippen LogP) is 0.872. The van der Waals surface area contributed by atoms with Gasteiger partial charge in [-0.1, -0.05) is 17.3 Å². The van der Waals surface area contributed by atoms with Crippen molar-refractivity contribution in [1.82, 2.24) is 20.6 Å². The van der Waals surface area contributed by atoms with Crippen molar-refractivity contribution in [1.29, 1.82) is 0 Å². The number of hydrogen-bond donors (Lipinski definition) is 2. The molecule has 0 fully saturated rings. The summed E-state index contributed by atoms with van der Waals surface area (Å²) in [6.07, 6.45) is -0.0686. The van der Waals surface area contributed by atoms with Crippen molar-refractivity contribution in [2.45, 2.75) is 12.3 Å². The van der Waals surface area contributed by atoms with Crippen LogP contribution < -0.4 is 4.90 Å². The van der Waals surface area contributed by atoms with Crippen molar-refractivity contribution in [3.8, 4) is 0 Å². The van der Waals surface area contributed by atoms with Gasteiger partial charge in [0.05, 0.1) is 12.3 Å². The Balaban J connectivity index is 2.30. The number of tetrazole rings is 1. The number of carboxylic acids is 1. The summed E-state index contributed by atoms with van der Waals surface area (Å²) in [5, 5.41) is 22.6. The number of aromatic amines is 1. The molecule has 0 saturated carbocycles. The van der Waals surface area contributed by atoms with E-state index < -0.39 is 11.9 Å². The summed E-state index contributed by atoms with van der Waals surface area (Å²) < 4.78 is 0. The molecule has 1 unspecified atom stereocenters. The molecule has 19 heavy (non-hydrogen) atoms. The highest BCUT2D eigenvalue weighted by molar-refractivity contribution is 5.68. The summed E-state index contributed by atoms with van der Waals surface area (Å²) in [5.41, 5.74) is 1.90. The first-order valence-corrected chi connectivity index (χ1v) is 5.80. The number of nitrogens with zero attached hydrogens (tertiary/aromatic N) is 4. The van der Waals surface area contributed by atoms with Gasteiger partial charge in [-0.05, 0) is 17.7 Å². The van der Waals surface area contributed by atoms with Gasteiger partial charge < -0.3 is 10.0 Å². The molecule has 1 heterocycles. The lowest BCUT2D eigenvalue weighted by Gasteiger charge is -2.15. The van der Waals surface area contributed by atoms with Gasteiger partial charge in [0.2, 0.25) is 0 Å². The van der Waals surface area contributed by atoms with E-state index in [4.69, 9.17) is 5.11 Å². The Morgan fingerprint density at radius 1 is 1.37 bits per heavy atom. The third kappa shape index (κ3) is 3.06. The van der Waals surface area contributed by atoms with E-state index in [0.717, 1.165) is 11.3 Å². The van der Waals surface area contributed by atoms with Crippen LogP contribution in [0.4, 0.5) is 5.69 Å². The molecule has 0 bridgehead atoms. The van der Waals surface area contributed by atoms with Gasteiger partial charge in [0.15, 0.2) is 5.82 Å². The van der Waals surface area contributed by atoms with E-state index in [2.05, 4.69) is 20.6 Å². The second-order valence-corrected chi connectivity index (χ2v) is 4.41. The van der Waals surface area contributed by atoms with Crippen LogP contribution in [-0.2, 0) is 4.79 Å². The van der Waals surface area contributed by atoms with Crippen molar-refractivity contribution in [3.05, 3.63) is 35.7 Å². The number of carbonyl (C=O) groups is 1. The molecule has 0 aliphatic rings. The van der Waals surface area contributed by atoms with Crippen molar-refractivity contribution in [2.24, 2.45) is 0 Å². The SMILES string of the molecule is CN(C)c1ccc(C(CC(=O)O)c2nn[nH]n2)cc1. The zero-order valence-corrected chi connectivity index (χ0v) is 10.7. The maximum Gasteiger partial charge on any atom is 0.304 e. The first kappa shape index (κ1) is 13.0. The number of H-pyrrole nitrogens is 1. The molecule has 2 N–H and O–H groups in total. The number of aromatic nitrogens is 4. The lowest BCUT2D eigenvalue weighted by atomic mass is 9.95. The second kappa shape index (κ2) is 5.47. The molecule has 1 aromatic heterocycles. The molecule has 0 radical (unpaired) electrons. The maximum atomic E-state index is 11.0. The molecule has 0 amide bonds. The molecule has 0 saturated heterocycles. The highest BCUT2D eigenvalue weighted by Crippen LogP contribution is 2.26. The molecule has 100 valence electrons. The molecule has 2 aromatic rings. The molecule has 7 heteroatoms. The summed E-state index contributed by atoms with van der Waals surface area (Å²) in [4.78, 5) is 12.9. The predicted molar refractivity (Wildman–Crippen MR) is 69.0 cm³/mol. The van der Waals surface area contributed by atoms with Crippen LogP contribution in [0.25, 0.3) is 0 Å². The molecule has 1 aromatic carbocycles. The minimum absolute atomic E-state index is 0.0686. The highest BCUT2D eigenvalue weighted by atomic mass is 16.4. The molecule has 0 spiro atoms. The standard InChI is InChI=1S/C12H15N5O2/c1-17(2)9-5-3-8(4-6-9)10(7-11(18)19)12-13-15-16-14-12/h3-6,10H,7H2,1-2H3,(H,18,19)(H,13,14,15,16). The van der Waals surface area contributed by atoms with E-state index in [1.165, 1.54) is 0 Å². The summed E-state index contributed by atoms with van der Waals surface area (Å²) in [7, 11) is 3.89. The van der Waals surface area contributed by atoms with Gasteiger partial charge in [-0.2, -0.15) is 5.21 Å². The number of aliphatic carboxylic acids is 1. The van der Waals surface area contributed by atoms with Crippen LogP contribution in [0.15, 0.2) is 24.3 Å². The van der Waals surface area contributed by atoms with E-state index in [1.807, 2.05) is 43.3 Å². The summed E-state index contributed by atoms with van der Waals surface area (Å²) in [6, 6.07) is 7.65. The van der Waals surface area contributed by atoms with Crippen LogP contribution >= 0.6 is 0 Å². The van der Waals surface area contributed by atoms with E-state index in [-0.39, 0.29) is 6.42 Å². The van der Waals surface area contributed by atoms with Gasteiger partial charge in [-0.3, -0.25) is 4.79 Å². The number of hydrogen-bond acceptors (Lipinski definition) is 5. The topological polar surface area (TPSA) is 95.0 Å². The van der Waals surface area contributed by atoms with Crippen molar-refractivity contribution in [2.75, 3.05) is 19.0 Å². The van der Waals surface area contributed by atoms with E-state index in [1.54, 1.807) is 0 Å². The summed E-state index contributed by atoms with van der Waals surface area (Å²) in [6.45, 7) is 0. The molecule has 0 aliphatic heterocycles. The molecular formula is C12H15N5O2. The normalized spacial score (nSPS) is 12.1. The summed E-state index contributed by atoms with van der Waals surface area (Å²) >= 11 is 0. The van der Waals surface area contributed by atoms with Crippen molar-refractivity contribution < 1.29 is 9.90 Å². The van der Waals surface area contributed by atoms with Gasteiger partial charge in [0, 0.05) is 19.8 Å². The fraction of sp³-hybridized carbons (Fsp3) is 0.333. The Bertz CT molecular complexity index is 536. The smallest absolute Gasteiger partial charge is 0.304 e. The Labute approximate surface area is 110 Å². The zero-order valence-electron chi connectivity index (χ0n) is 10.7. The number of nitrogens with one attached hydrogen (secondary N) is 1. The lowest BCUT2D eigenvalue weighted by Crippen LogP contribution is -2.11. The third-order valence-corrected chi connectivity index (χ3v) is 2.86. The Kier molecular flexibility index (Phi) is 3.74. The van der Waals surface area contributed by atoms with Crippen molar-refractivity contribution in [3.63, 3.8) is 0 Å². The zero-order chi connectivity index (χ0) is 13.8. The largest absolute Gasteiger partial charge is 0.481 e. The molecule has 1 atom stereocenters. The number of rotatable bonds is 5. The van der Waals surface area contributed by atoms with Gasteiger partial charge in [0.25, 0.3) is 0 Å². The average molecular weight is 261 g/mol. The van der Waals surface area contributed by atoms with Crippen LogP contribution in [0.3, 0.4) is 0 Å². The first-order chi connectivity index (χ1) is 9.08. The average Bonchev–Trinajstić information content (AvgIpc) is 2.89. The number of benzene rings is 1. The van der Waals surface area contributed by atoms with Gasteiger partial charge in [-0.15, -0.1) is 10.2 Å². The van der Waals surface area contributed by atoms with E-state index >= 15 is 0 Å². The fourth-order valence-electron chi connectivity index (χ4n) is 1.85.